The summed E-state index contributed by atoms with van der Waals surface area (Å²) in [6, 6.07) is 11.0. The van der Waals surface area contributed by atoms with Crippen LogP contribution in [0.15, 0.2) is 41.8 Å². The Balaban J connectivity index is 2.14. The zero-order chi connectivity index (χ0) is 13.0. The molecule has 1 atom stereocenters. The number of hydrogen-bond acceptors (Lipinski definition) is 4. The van der Waals surface area contributed by atoms with Gasteiger partial charge in [-0.3, -0.25) is 0 Å². The molecule has 1 aromatic carbocycles. The van der Waals surface area contributed by atoms with Crippen molar-refractivity contribution in [2.75, 3.05) is 6.61 Å². The Hall–Kier alpha value is -1.36. The maximum Gasteiger partial charge on any atom is 0.115 e. The van der Waals surface area contributed by atoms with Crippen LogP contribution in [0.4, 0.5) is 0 Å². The molecule has 4 heteroatoms. The highest BCUT2D eigenvalue weighted by Crippen LogP contribution is 2.24. The summed E-state index contributed by atoms with van der Waals surface area (Å²) < 4.78 is 0. The predicted octanol–water partition coefficient (Wildman–Crippen LogP) is 2.45. The maximum atomic E-state index is 9.62. The minimum Gasteiger partial charge on any atom is -0.508 e. The smallest absolute Gasteiger partial charge is 0.115 e. The standard InChI is InChI=1S/C14H17NO2S/c1-14(10-16,11-4-2-5-12(17)8-11)15-9-13-6-3-7-18-13/h2-8,15-17H,9-10H2,1H3. The van der Waals surface area contributed by atoms with Crippen molar-refractivity contribution < 1.29 is 10.2 Å². The molecule has 18 heavy (non-hydrogen) atoms. The Morgan fingerprint density at radius 2 is 2.11 bits per heavy atom. The number of thiophene rings is 1. The second kappa shape index (κ2) is 5.52. The molecule has 0 fully saturated rings. The number of phenols is 1. The number of hydrogen-bond donors (Lipinski definition) is 3. The van der Waals surface area contributed by atoms with Crippen molar-refractivity contribution in [3.05, 3.63) is 52.2 Å². The summed E-state index contributed by atoms with van der Waals surface area (Å²) in [6.45, 7) is 2.60. The Morgan fingerprint density at radius 1 is 1.28 bits per heavy atom. The van der Waals surface area contributed by atoms with Crippen LogP contribution in [-0.2, 0) is 12.1 Å². The Kier molecular flexibility index (Phi) is 4.01. The molecule has 0 spiro atoms. The van der Waals surface area contributed by atoms with Crippen molar-refractivity contribution in [3.8, 4) is 5.75 Å². The fourth-order valence-corrected chi connectivity index (χ4v) is 2.44. The molecule has 3 N–H and O–H groups in total. The topological polar surface area (TPSA) is 52.5 Å². The van der Waals surface area contributed by atoms with Gasteiger partial charge in [0.15, 0.2) is 0 Å². The average molecular weight is 263 g/mol. The van der Waals surface area contributed by atoms with Gasteiger partial charge >= 0.3 is 0 Å². The van der Waals surface area contributed by atoms with Crippen LogP contribution in [-0.4, -0.2) is 16.8 Å². The fourth-order valence-electron chi connectivity index (χ4n) is 1.79. The predicted molar refractivity (Wildman–Crippen MR) is 73.7 cm³/mol. The summed E-state index contributed by atoms with van der Waals surface area (Å²) in [5, 5.41) is 24.5. The second-order valence-corrected chi connectivity index (χ2v) is 5.51. The van der Waals surface area contributed by atoms with Crippen LogP contribution in [0.25, 0.3) is 0 Å². The van der Waals surface area contributed by atoms with Crippen LogP contribution in [0.5, 0.6) is 5.75 Å². The lowest BCUT2D eigenvalue weighted by atomic mass is 9.92. The van der Waals surface area contributed by atoms with Crippen molar-refractivity contribution in [2.45, 2.75) is 19.0 Å². The zero-order valence-electron chi connectivity index (χ0n) is 10.3. The fraction of sp³-hybridized carbons (Fsp3) is 0.286. The number of aromatic hydroxyl groups is 1. The minimum absolute atomic E-state index is 0.0260. The molecule has 1 aromatic heterocycles. The maximum absolute atomic E-state index is 9.62. The molecular formula is C14H17NO2S. The largest absolute Gasteiger partial charge is 0.508 e. The van der Waals surface area contributed by atoms with E-state index in [1.54, 1.807) is 29.5 Å². The highest BCUT2D eigenvalue weighted by molar-refractivity contribution is 7.09. The van der Waals surface area contributed by atoms with Crippen LogP contribution in [0.3, 0.4) is 0 Å². The van der Waals surface area contributed by atoms with Crippen molar-refractivity contribution in [1.82, 2.24) is 5.32 Å². The quantitative estimate of drug-likeness (QED) is 0.776. The molecule has 0 amide bonds. The third-order valence-electron chi connectivity index (χ3n) is 3.03. The molecule has 0 saturated carbocycles. The van der Waals surface area contributed by atoms with Crippen LogP contribution in [0, 0.1) is 0 Å². The first kappa shape index (κ1) is 13.1. The third-order valence-corrected chi connectivity index (χ3v) is 3.91. The number of rotatable bonds is 5. The van der Waals surface area contributed by atoms with E-state index >= 15 is 0 Å². The van der Waals surface area contributed by atoms with E-state index in [0.29, 0.717) is 6.54 Å². The van der Waals surface area contributed by atoms with Crippen LogP contribution >= 0.6 is 11.3 Å². The molecule has 2 rings (SSSR count). The van der Waals surface area contributed by atoms with Gasteiger partial charge < -0.3 is 15.5 Å². The van der Waals surface area contributed by atoms with E-state index < -0.39 is 5.54 Å². The molecule has 0 aliphatic rings. The number of benzene rings is 1. The van der Waals surface area contributed by atoms with E-state index in [4.69, 9.17) is 0 Å². The van der Waals surface area contributed by atoms with Crippen molar-refractivity contribution in [2.24, 2.45) is 0 Å². The summed E-state index contributed by atoms with van der Waals surface area (Å²) in [4.78, 5) is 1.22. The Bertz CT molecular complexity index is 498. The van der Waals surface area contributed by atoms with Gasteiger partial charge in [-0.25, -0.2) is 0 Å². The number of phenolic OH excluding ortho intramolecular Hbond substituents is 1. The summed E-state index contributed by atoms with van der Waals surface area (Å²) in [7, 11) is 0. The monoisotopic (exact) mass is 263 g/mol. The summed E-state index contributed by atoms with van der Waals surface area (Å²) in [5.74, 6) is 0.213. The molecular weight excluding hydrogens is 246 g/mol. The molecule has 0 bridgehead atoms. The summed E-state index contributed by atoms with van der Waals surface area (Å²) in [6.07, 6.45) is 0. The molecule has 2 aromatic rings. The SMILES string of the molecule is CC(CO)(NCc1cccs1)c1cccc(O)c1. The first-order valence-corrected chi connectivity index (χ1v) is 6.70. The van der Waals surface area contributed by atoms with Gasteiger partial charge in [0.1, 0.15) is 5.75 Å². The van der Waals surface area contributed by atoms with Gasteiger partial charge in [-0.2, -0.15) is 0 Å². The number of aliphatic hydroxyl groups excluding tert-OH is 1. The van der Waals surface area contributed by atoms with Gasteiger partial charge in [-0.15, -0.1) is 11.3 Å². The highest BCUT2D eigenvalue weighted by atomic mass is 32.1. The Labute approximate surface area is 111 Å². The zero-order valence-corrected chi connectivity index (χ0v) is 11.1. The lowest BCUT2D eigenvalue weighted by Gasteiger charge is -2.29. The van der Waals surface area contributed by atoms with Crippen molar-refractivity contribution >= 4 is 11.3 Å². The number of nitrogens with one attached hydrogen (secondary N) is 1. The van der Waals surface area contributed by atoms with E-state index in [9.17, 15) is 10.2 Å². The third kappa shape index (κ3) is 2.90. The van der Waals surface area contributed by atoms with E-state index in [-0.39, 0.29) is 12.4 Å². The first-order chi connectivity index (χ1) is 8.64. The molecule has 0 aliphatic carbocycles. The van der Waals surface area contributed by atoms with E-state index in [2.05, 4.69) is 11.4 Å². The summed E-state index contributed by atoms with van der Waals surface area (Å²) >= 11 is 1.68. The molecule has 1 heterocycles. The van der Waals surface area contributed by atoms with E-state index in [0.717, 1.165) is 5.56 Å². The van der Waals surface area contributed by atoms with Crippen LogP contribution in [0.1, 0.15) is 17.4 Å². The molecule has 0 aliphatic heterocycles. The van der Waals surface area contributed by atoms with Crippen LogP contribution < -0.4 is 5.32 Å². The molecule has 96 valence electrons. The second-order valence-electron chi connectivity index (χ2n) is 4.47. The molecule has 0 saturated heterocycles. The molecule has 3 nitrogen and oxygen atoms in total. The van der Waals surface area contributed by atoms with Crippen molar-refractivity contribution in [1.29, 1.82) is 0 Å². The van der Waals surface area contributed by atoms with Gasteiger partial charge in [0.25, 0.3) is 0 Å². The average Bonchev–Trinajstić information content (AvgIpc) is 2.89. The molecule has 1 unspecified atom stereocenters. The Morgan fingerprint density at radius 3 is 2.72 bits per heavy atom. The van der Waals surface area contributed by atoms with E-state index in [1.165, 1.54) is 4.88 Å². The minimum atomic E-state index is -0.553. The lowest BCUT2D eigenvalue weighted by Crippen LogP contribution is -2.42. The normalized spacial score (nSPS) is 14.3. The van der Waals surface area contributed by atoms with Gasteiger partial charge in [0.2, 0.25) is 0 Å². The van der Waals surface area contributed by atoms with Crippen molar-refractivity contribution in [3.63, 3.8) is 0 Å². The van der Waals surface area contributed by atoms with Gasteiger partial charge in [0.05, 0.1) is 12.1 Å². The lowest BCUT2D eigenvalue weighted by molar-refractivity contribution is 0.173. The van der Waals surface area contributed by atoms with Crippen LogP contribution in [0.2, 0.25) is 0 Å². The van der Waals surface area contributed by atoms with Gasteiger partial charge in [-0.05, 0) is 36.1 Å². The summed E-state index contributed by atoms with van der Waals surface area (Å²) in [5.41, 5.74) is 0.324. The number of aliphatic hydroxyl groups is 1. The molecule has 0 radical (unpaired) electrons. The highest BCUT2D eigenvalue weighted by Gasteiger charge is 2.25. The van der Waals surface area contributed by atoms with Gasteiger partial charge in [0, 0.05) is 11.4 Å². The van der Waals surface area contributed by atoms with E-state index in [1.807, 2.05) is 24.4 Å². The van der Waals surface area contributed by atoms with Gasteiger partial charge in [-0.1, -0.05) is 18.2 Å². The first-order valence-electron chi connectivity index (χ1n) is 5.82.